The number of halogens is 1. The second-order valence-electron chi connectivity index (χ2n) is 5.91. The lowest BCUT2D eigenvalue weighted by Crippen LogP contribution is -2.28. The molecule has 0 N–H and O–H groups in total. The van der Waals surface area contributed by atoms with Gasteiger partial charge in [-0.3, -0.25) is 19.8 Å². The summed E-state index contributed by atoms with van der Waals surface area (Å²) in [6.07, 6.45) is 1.35. The molecule has 0 aromatic heterocycles. The average molecular weight is 464 g/mol. The highest BCUT2D eigenvalue weighted by Crippen LogP contribution is 2.39. The van der Waals surface area contributed by atoms with E-state index in [2.05, 4.69) is 15.9 Å². The Bertz CT molecular complexity index is 1040. The number of benzene rings is 2. The van der Waals surface area contributed by atoms with E-state index in [-0.39, 0.29) is 26.5 Å². The number of thiocarbonyl (C=S) groups is 1. The van der Waals surface area contributed by atoms with Gasteiger partial charge in [-0.25, -0.2) is 0 Å². The van der Waals surface area contributed by atoms with Gasteiger partial charge in [-0.1, -0.05) is 63.4 Å². The van der Waals surface area contributed by atoms with Crippen molar-refractivity contribution in [3.8, 4) is 5.75 Å². The number of carbonyl (C=O) groups excluding carboxylic acids is 1. The maximum absolute atomic E-state index is 12.9. The van der Waals surface area contributed by atoms with Crippen molar-refractivity contribution in [2.75, 3.05) is 4.90 Å². The molecule has 9 heteroatoms. The van der Waals surface area contributed by atoms with Gasteiger partial charge in [-0.2, -0.15) is 0 Å². The van der Waals surface area contributed by atoms with Crippen LogP contribution in [0, 0.1) is 24.0 Å². The van der Waals surface area contributed by atoms with Crippen molar-refractivity contribution in [1.29, 1.82) is 0 Å². The van der Waals surface area contributed by atoms with Crippen LogP contribution in [0.3, 0.4) is 0 Å². The van der Waals surface area contributed by atoms with E-state index in [4.69, 9.17) is 12.2 Å². The van der Waals surface area contributed by atoms with Crippen LogP contribution in [0.2, 0.25) is 0 Å². The molecule has 0 saturated carbocycles. The van der Waals surface area contributed by atoms with Crippen LogP contribution < -0.4 is 10.0 Å². The first-order valence-corrected chi connectivity index (χ1v) is 9.71. The summed E-state index contributed by atoms with van der Waals surface area (Å²) >= 11 is 9.43. The van der Waals surface area contributed by atoms with Gasteiger partial charge in [0.25, 0.3) is 11.6 Å². The van der Waals surface area contributed by atoms with Gasteiger partial charge in [0.15, 0.2) is 4.32 Å². The molecule has 0 spiro atoms. The quantitative estimate of drug-likeness (QED) is 0.289. The van der Waals surface area contributed by atoms with Crippen LogP contribution in [0.15, 0.2) is 39.7 Å². The van der Waals surface area contributed by atoms with E-state index in [0.717, 1.165) is 35.0 Å². The van der Waals surface area contributed by atoms with E-state index in [1.54, 1.807) is 0 Å². The summed E-state index contributed by atoms with van der Waals surface area (Å²) in [6, 6.07) is 7.95. The molecule has 0 unspecified atom stereocenters. The Morgan fingerprint density at radius 3 is 2.59 bits per heavy atom. The zero-order chi connectivity index (χ0) is 19.9. The molecule has 6 nitrogen and oxygen atoms in total. The number of carbonyl (C=O) groups is 1. The minimum atomic E-state index is -0.595. The topological polar surface area (TPSA) is 86.5 Å². The van der Waals surface area contributed by atoms with Gasteiger partial charge in [0.05, 0.1) is 15.5 Å². The molecule has 3 rings (SSSR count). The molecule has 1 fully saturated rings. The van der Waals surface area contributed by atoms with Gasteiger partial charge in [-0.05, 0) is 37.1 Å². The largest absolute Gasteiger partial charge is 0.871 e. The Balaban J connectivity index is 2.04. The molecular formula is C18H12BrN2O4S2-. The van der Waals surface area contributed by atoms with Crippen LogP contribution in [0.25, 0.3) is 6.08 Å². The van der Waals surface area contributed by atoms with E-state index in [9.17, 15) is 20.0 Å². The summed E-state index contributed by atoms with van der Waals surface area (Å²) in [6.45, 7) is 3.84. The highest BCUT2D eigenvalue weighted by molar-refractivity contribution is 9.10. The summed E-state index contributed by atoms with van der Waals surface area (Å²) in [5.74, 6) is -0.795. The average Bonchev–Trinajstić information content (AvgIpc) is 2.86. The van der Waals surface area contributed by atoms with Gasteiger partial charge in [0.1, 0.15) is 0 Å². The number of non-ortho nitro benzene ring substituents is 1. The van der Waals surface area contributed by atoms with E-state index < -0.39 is 10.7 Å². The fourth-order valence-electron chi connectivity index (χ4n) is 2.69. The molecule has 0 aliphatic carbocycles. The van der Waals surface area contributed by atoms with Gasteiger partial charge >= 0.3 is 0 Å². The number of amides is 1. The lowest BCUT2D eigenvalue weighted by molar-refractivity contribution is -0.385. The third-order valence-corrected chi connectivity index (χ3v) is 5.83. The van der Waals surface area contributed by atoms with Crippen molar-refractivity contribution in [2.45, 2.75) is 13.8 Å². The number of thioether (sulfide) groups is 1. The van der Waals surface area contributed by atoms with Crippen molar-refractivity contribution < 1.29 is 14.8 Å². The van der Waals surface area contributed by atoms with E-state index in [1.165, 1.54) is 11.0 Å². The molecule has 2 aromatic carbocycles. The highest BCUT2D eigenvalue weighted by atomic mass is 79.9. The first-order chi connectivity index (χ1) is 12.7. The number of hydrogen-bond acceptors (Lipinski definition) is 6. The smallest absolute Gasteiger partial charge is 0.271 e. The van der Waals surface area contributed by atoms with Crippen LogP contribution in [0.1, 0.15) is 16.7 Å². The molecule has 0 atom stereocenters. The first-order valence-electron chi connectivity index (χ1n) is 7.69. The molecule has 1 aliphatic rings. The van der Waals surface area contributed by atoms with E-state index >= 15 is 0 Å². The highest BCUT2D eigenvalue weighted by Gasteiger charge is 2.34. The molecule has 138 valence electrons. The van der Waals surface area contributed by atoms with Crippen LogP contribution >= 0.6 is 39.9 Å². The standard InChI is InChI=1S/C18H13BrN2O4S2/c1-9-3-4-14(10(2)5-9)20-17(23)15(27-18(20)26)7-11-6-12(21(24)25)8-13(19)16(11)22/h3-8,22H,1-2H3/p-1/b15-7-. The Kier molecular flexibility index (Phi) is 5.36. The Hall–Kier alpha value is -2.23. The number of nitrogens with zero attached hydrogens (tertiary/aromatic N) is 2. The van der Waals surface area contributed by atoms with Crippen molar-refractivity contribution in [3.05, 3.63) is 66.5 Å². The predicted octanol–water partition coefficient (Wildman–Crippen LogP) is 4.45. The normalized spacial score (nSPS) is 15.7. The number of anilines is 1. The fourth-order valence-corrected chi connectivity index (χ4v) is 4.42. The summed E-state index contributed by atoms with van der Waals surface area (Å²) < 4.78 is 0.406. The zero-order valence-corrected chi connectivity index (χ0v) is 17.4. The summed E-state index contributed by atoms with van der Waals surface area (Å²) in [5, 5.41) is 23.3. The summed E-state index contributed by atoms with van der Waals surface area (Å²) in [7, 11) is 0. The number of rotatable bonds is 3. The second-order valence-corrected chi connectivity index (χ2v) is 8.44. The fraction of sp³-hybridized carbons (Fsp3) is 0.111. The minimum absolute atomic E-state index is 0.0530. The van der Waals surface area contributed by atoms with Crippen LogP contribution in [-0.4, -0.2) is 15.2 Å². The maximum atomic E-state index is 12.9. The second kappa shape index (κ2) is 7.41. The molecule has 1 aliphatic heterocycles. The first kappa shape index (κ1) is 19.5. The number of aryl methyl sites for hydroxylation is 2. The molecule has 1 heterocycles. The molecule has 1 amide bonds. The SMILES string of the molecule is Cc1ccc(N2C(=O)/C(=C/c3cc([N+](=O)[O-])cc(Br)c3[O-])SC2=S)c(C)c1. The van der Waals surface area contributed by atoms with Crippen molar-refractivity contribution in [1.82, 2.24) is 0 Å². The van der Waals surface area contributed by atoms with Crippen LogP contribution in [-0.2, 0) is 4.79 Å². The van der Waals surface area contributed by atoms with Gasteiger partial charge < -0.3 is 5.11 Å². The summed E-state index contributed by atoms with van der Waals surface area (Å²) in [4.78, 5) is 25.0. The Morgan fingerprint density at radius 2 is 1.96 bits per heavy atom. The van der Waals surface area contributed by atoms with E-state index in [0.29, 0.717) is 10.0 Å². The lowest BCUT2D eigenvalue weighted by Gasteiger charge is -2.17. The number of hydrogen-bond donors (Lipinski definition) is 0. The lowest BCUT2D eigenvalue weighted by atomic mass is 10.1. The zero-order valence-electron chi connectivity index (χ0n) is 14.2. The van der Waals surface area contributed by atoms with Crippen molar-refractivity contribution in [2.24, 2.45) is 0 Å². The molecule has 1 saturated heterocycles. The Labute approximate surface area is 173 Å². The monoisotopic (exact) mass is 463 g/mol. The van der Waals surface area contributed by atoms with Gasteiger partial charge in [0, 0.05) is 16.6 Å². The Morgan fingerprint density at radius 1 is 1.26 bits per heavy atom. The van der Waals surface area contributed by atoms with Crippen LogP contribution in [0.4, 0.5) is 11.4 Å². The molecule has 0 radical (unpaired) electrons. The molecule has 2 aromatic rings. The van der Waals surface area contributed by atoms with Gasteiger partial charge in [0.2, 0.25) is 0 Å². The summed E-state index contributed by atoms with van der Waals surface area (Å²) in [5.41, 5.74) is 2.45. The van der Waals surface area contributed by atoms with Gasteiger partial charge in [-0.15, -0.1) is 0 Å². The molecule has 27 heavy (non-hydrogen) atoms. The predicted molar refractivity (Wildman–Crippen MR) is 112 cm³/mol. The molecular weight excluding hydrogens is 452 g/mol. The number of nitro groups is 1. The van der Waals surface area contributed by atoms with Crippen LogP contribution in [0.5, 0.6) is 5.75 Å². The number of nitro benzene ring substituents is 1. The third kappa shape index (κ3) is 3.76. The van der Waals surface area contributed by atoms with E-state index in [1.807, 2.05) is 32.0 Å². The maximum Gasteiger partial charge on any atom is 0.271 e. The van der Waals surface area contributed by atoms with Crippen molar-refractivity contribution >= 4 is 67.6 Å². The molecule has 0 bridgehead atoms. The van der Waals surface area contributed by atoms with Crippen molar-refractivity contribution in [3.63, 3.8) is 0 Å². The third-order valence-electron chi connectivity index (χ3n) is 3.94. The minimum Gasteiger partial charge on any atom is -0.871 e.